The molecule has 4 aromatic rings. The van der Waals surface area contributed by atoms with Gasteiger partial charge in [-0.15, -0.1) is 0 Å². The van der Waals surface area contributed by atoms with Crippen molar-refractivity contribution in [3.8, 4) is 5.75 Å². The summed E-state index contributed by atoms with van der Waals surface area (Å²) in [6.45, 7) is 9.15. The van der Waals surface area contributed by atoms with Gasteiger partial charge in [-0.1, -0.05) is 24.3 Å². The summed E-state index contributed by atoms with van der Waals surface area (Å²) in [5.74, 6) is -3.02. The van der Waals surface area contributed by atoms with Crippen molar-refractivity contribution in [2.45, 2.75) is 82.9 Å². The molecule has 12 nitrogen and oxygen atoms in total. The van der Waals surface area contributed by atoms with E-state index < -0.39 is 51.2 Å². The van der Waals surface area contributed by atoms with Gasteiger partial charge in [0.2, 0.25) is 5.96 Å². The summed E-state index contributed by atoms with van der Waals surface area (Å²) in [6, 6.07) is 11.1. The number of aromatic nitrogens is 1. The second kappa shape index (κ2) is 15.8. The number of rotatable bonds is 12. The van der Waals surface area contributed by atoms with E-state index in [4.69, 9.17) is 10.5 Å². The third kappa shape index (κ3) is 8.62. The van der Waals surface area contributed by atoms with Crippen LogP contribution in [0.2, 0.25) is 0 Å². The maximum absolute atomic E-state index is 13.8. The average Bonchev–Trinajstić information content (AvgIpc) is 3.10. The summed E-state index contributed by atoms with van der Waals surface area (Å²) in [6.07, 6.45) is 2.75. The Labute approximate surface area is 312 Å². The molecular weight excluding hydrogens is 721 g/mol. The molecule has 0 saturated heterocycles. The van der Waals surface area contributed by atoms with Crippen LogP contribution >= 0.6 is 0 Å². The largest absolute Gasteiger partial charge is 0.487 e. The van der Waals surface area contributed by atoms with Crippen LogP contribution in [0.15, 0.2) is 81.5 Å². The number of carboxylic acid groups (broad SMARTS) is 1. The molecule has 1 amide bonds. The van der Waals surface area contributed by atoms with Gasteiger partial charge < -0.3 is 25.5 Å². The number of nitrogens with one attached hydrogen (secondary N) is 2. The molecule has 1 aliphatic rings. The fourth-order valence-corrected chi connectivity index (χ4v) is 8.17. The lowest BCUT2D eigenvalue weighted by Gasteiger charge is -2.35. The highest BCUT2D eigenvalue weighted by Gasteiger charge is 2.34. The first-order valence-electron chi connectivity index (χ1n) is 17.3. The van der Waals surface area contributed by atoms with Gasteiger partial charge in [0.1, 0.15) is 34.6 Å². The molecule has 0 unspecified atom stereocenters. The van der Waals surface area contributed by atoms with Crippen molar-refractivity contribution in [3.63, 3.8) is 0 Å². The third-order valence-corrected chi connectivity index (χ3v) is 11.2. The van der Waals surface area contributed by atoms with Gasteiger partial charge in [-0.3, -0.25) is 14.6 Å². The predicted molar refractivity (Wildman–Crippen MR) is 199 cm³/mol. The summed E-state index contributed by atoms with van der Waals surface area (Å²) >= 11 is 0. The number of nitrogens with zero attached hydrogens (tertiary/aromatic N) is 2. The number of aliphatic carboxylic acids is 1. The number of aliphatic imine (C=N–C) groups is 1. The molecule has 286 valence electrons. The van der Waals surface area contributed by atoms with E-state index in [1.807, 2.05) is 20.8 Å². The van der Waals surface area contributed by atoms with E-state index in [2.05, 4.69) is 15.0 Å². The number of halogens is 2. The number of benzene rings is 3. The minimum Gasteiger partial charge on any atom is -0.487 e. The number of carboxylic acids is 1. The Hall–Kier alpha value is -5.57. The molecule has 0 radical (unpaired) electrons. The van der Waals surface area contributed by atoms with Crippen LogP contribution in [0.5, 0.6) is 5.75 Å². The Balaban J connectivity index is 1.27. The molecule has 3 aromatic carbocycles. The highest BCUT2D eigenvalue weighted by Crippen LogP contribution is 2.42. The van der Waals surface area contributed by atoms with Gasteiger partial charge in [0.25, 0.3) is 21.5 Å². The number of pyridine rings is 1. The van der Waals surface area contributed by atoms with Crippen LogP contribution in [-0.2, 0) is 21.2 Å². The Morgan fingerprint density at radius 3 is 2.15 bits per heavy atom. The fraction of sp³-hybridized carbons (Fsp3) is 0.333. The van der Waals surface area contributed by atoms with E-state index in [1.165, 1.54) is 71.4 Å². The highest BCUT2D eigenvalue weighted by atomic mass is 32.2. The van der Waals surface area contributed by atoms with Crippen molar-refractivity contribution >= 4 is 27.9 Å². The second-order valence-electron chi connectivity index (χ2n) is 13.9. The average molecular weight is 764 g/mol. The van der Waals surface area contributed by atoms with Crippen LogP contribution < -0.4 is 26.1 Å². The molecule has 0 bridgehead atoms. The van der Waals surface area contributed by atoms with Crippen LogP contribution in [0.3, 0.4) is 0 Å². The smallest absolute Gasteiger partial charge is 0.326 e. The Bertz CT molecular complexity index is 2230. The van der Waals surface area contributed by atoms with Gasteiger partial charge in [-0.05, 0) is 130 Å². The van der Waals surface area contributed by atoms with Crippen molar-refractivity contribution < 1.29 is 36.6 Å². The topological polar surface area (TPSA) is 182 Å². The number of carbonyl (C=O) groups is 2. The standard InChI is InChI=1S/C39H43F2N5O7S/c1-22-23(2)34(24(3)29-18-19-39(4,5)53-33(22)29)54(51,52)45-38(42)43-20-6-9-31(37(49)50)44-35(47)30-8-7-21-46(36(30)48)32(25-10-14-27(40)15-11-25)26-12-16-28(41)17-13-26/h7-8,10-17,21,31-32H,6,9,18-20H2,1-5H3,(H,44,47)(H,49,50)(H3,42,43,45)/t31-/m0/s1. The Kier molecular flexibility index (Phi) is 11.6. The molecule has 1 atom stereocenters. The van der Waals surface area contributed by atoms with Crippen molar-refractivity contribution in [2.24, 2.45) is 10.7 Å². The number of amides is 1. The van der Waals surface area contributed by atoms with Gasteiger partial charge in [-0.2, -0.15) is 0 Å². The van der Waals surface area contributed by atoms with Crippen LogP contribution in [-0.4, -0.2) is 54.1 Å². The molecule has 0 fully saturated rings. The van der Waals surface area contributed by atoms with Crippen molar-refractivity contribution in [2.75, 3.05) is 6.54 Å². The zero-order chi connectivity index (χ0) is 39.5. The summed E-state index contributed by atoms with van der Waals surface area (Å²) in [4.78, 5) is 43.3. The van der Waals surface area contributed by atoms with Crippen LogP contribution in [0.1, 0.15) is 82.9 Å². The van der Waals surface area contributed by atoms with Crippen LogP contribution in [0.4, 0.5) is 8.78 Å². The van der Waals surface area contributed by atoms with E-state index in [1.54, 1.807) is 13.8 Å². The van der Waals surface area contributed by atoms with E-state index in [0.29, 0.717) is 34.4 Å². The van der Waals surface area contributed by atoms with Gasteiger partial charge in [0, 0.05) is 12.7 Å². The number of hydrogen-bond acceptors (Lipinski definition) is 7. The summed E-state index contributed by atoms with van der Waals surface area (Å²) in [7, 11) is -4.15. The maximum atomic E-state index is 13.8. The van der Waals surface area contributed by atoms with E-state index in [-0.39, 0.29) is 41.4 Å². The van der Waals surface area contributed by atoms with Crippen molar-refractivity contribution in [1.82, 2.24) is 14.6 Å². The molecule has 0 saturated carbocycles. The zero-order valence-electron chi connectivity index (χ0n) is 30.6. The molecule has 1 aliphatic heterocycles. The first-order valence-corrected chi connectivity index (χ1v) is 18.8. The minimum atomic E-state index is -4.15. The Morgan fingerprint density at radius 1 is 0.981 bits per heavy atom. The number of carbonyl (C=O) groups excluding carboxylic acids is 1. The number of guanidine groups is 1. The quantitative estimate of drug-likeness (QED) is 0.0879. The maximum Gasteiger partial charge on any atom is 0.326 e. The third-order valence-electron chi connectivity index (χ3n) is 9.58. The molecule has 5 rings (SSSR count). The summed E-state index contributed by atoms with van der Waals surface area (Å²) in [5.41, 5.74) is 8.07. The van der Waals surface area contributed by atoms with Gasteiger partial charge in [-0.25, -0.2) is 26.7 Å². The van der Waals surface area contributed by atoms with Crippen LogP contribution in [0, 0.1) is 32.4 Å². The zero-order valence-corrected chi connectivity index (χ0v) is 31.4. The van der Waals surface area contributed by atoms with E-state index in [9.17, 15) is 36.7 Å². The first kappa shape index (κ1) is 39.6. The van der Waals surface area contributed by atoms with Crippen molar-refractivity contribution in [3.05, 3.63) is 128 Å². The van der Waals surface area contributed by atoms with Crippen molar-refractivity contribution in [1.29, 1.82) is 0 Å². The normalized spacial score (nSPS) is 14.6. The molecule has 54 heavy (non-hydrogen) atoms. The highest BCUT2D eigenvalue weighted by molar-refractivity contribution is 7.90. The molecule has 2 heterocycles. The second-order valence-corrected chi connectivity index (χ2v) is 15.5. The lowest BCUT2D eigenvalue weighted by Crippen LogP contribution is -2.43. The number of ether oxygens (including phenoxy) is 1. The molecule has 1 aromatic heterocycles. The summed E-state index contributed by atoms with van der Waals surface area (Å²) < 4.78 is 64.3. The fourth-order valence-electron chi connectivity index (χ4n) is 6.65. The number of nitrogens with two attached hydrogens (primary N) is 1. The van der Waals surface area contributed by atoms with Gasteiger partial charge in [0.15, 0.2) is 0 Å². The Morgan fingerprint density at radius 2 is 1.57 bits per heavy atom. The van der Waals surface area contributed by atoms with Gasteiger partial charge in [0.05, 0.1) is 10.9 Å². The minimum absolute atomic E-state index is 0.0761. The van der Waals surface area contributed by atoms with E-state index in [0.717, 1.165) is 17.5 Å². The monoisotopic (exact) mass is 763 g/mol. The molecule has 5 N–H and O–H groups in total. The first-order chi connectivity index (χ1) is 25.4. The number of hydrogen-bond donors (Lipinski definition) is 4. The predicted octanol–water partition coefficient (Wildman–Crippen LogP) is 5.05. The molecule has 0 aliphatic carbocycles. The summed E-state index contributed by atoms with van der Waals surface area (Å²) in [5, 5.41) is 12.3. The van der Waals surface area contributed by atoms with E-state index >= 15 is 0 Å². The number of sulfonamides is 1. The lowest BCUT2D eigenvalue weighted by atomic mass is 9.88. The molecule has 0 spiro atoms. The van der Waals surface area contributed by atoms with Crippen LogP contribution in [0.25, 0.3) is 0 Å². The SMILES string of the molecule is Cc1c(C)c(S(=O)(=O)NC(N)=NCCC[C@H](NC(=O)c2cccn(C(c3ccc(F)cc3)c3ccc(F)cc3)c2=O)C(=O)O)c(C)c2c1OC(C)(C)CC2. The number of fused-ring (bicyclic) bond motifs is 1. The lowest BCUT2D eigenvalue weighted by molar-refractivity contribution is -0.139. The van der Waals surface area contributed by atoms with Gasteiger partial charge >= 0.3 is 5.97 Å². The molecule has 15 heteroatoms. The molecular formula is C39H43F2N5O7S.